The lowest BCUT2D eigenvalue weighted by molar-refractivity contribution is 0.413. The van der Waals surface area contributed by atoms with E-state index in [2.05, 4.69) is 0 Å². The first-order chi connectivity index (χ1) is 17.0. The summed E-state index contributed by atoms with van der Waals surface area (Å²) in [5.74, 6) is 1.30. The molecule has 5 rings (SSSR count). The van der Waals surface area contributed by atoms with Crippen LogP contribution >= 0.6 is 46.9 Å². The molecular weight excluding hydrogens is 518 g/mol. The van der Waals surface area contributed by atoms with E-state index in [1.165, 1.54) is 23.1 Å². The SMILES string of the molecule is COc1ccccc1-n1c(=S)sc2c(=O)n(Cc3ccccc3)c(SCc3ccc(Cl)cc3)nc21. The van der Waals surface area contributed by atoms with Gasteiger partial charge < -0.3 is 4.74 Å². The zero-order chi connectivity index (χ0) is 24.4. The zero-order valence-corrected chi connectivity index (χ0v) is 21.9. The van der Waals surface area contributed by atoms with Crippen molar-refractivity contribution in [3.05, 3.63) is 109 Å². The number of aromatic nitrogens is 3. The van der Waals surface area contributed by atoms with Crippen LogP contribution in [-0.2, 0) is 12.3 Å². The van der Waals surface area contributed by atoms with E-state index in [-0.39, 0.29) is 5.56 Å². The molecule has 35 heavy (non-hydrogen) atoms. The van der Waals surface area contributed by atoms with E-state index < -0.39 is 0 Å². The van der Waals surface area contributed by atoms with E-state index in [1.54, 1.807) is 11.7 Å². The Morgan fingerprint density at radius 1 is 1.00 bits per heavy atom. The number of ether oxygens (including phenoxy) is 1. The van der Waals surface area contributed by atoms with Crippen LogP contribution in [0.2, 0.25) is 5.02 Å². The second-order valence-electron chi connectivity index (χ2n) is 7.71. The highest BCUT2D eigenvalue weighted by molar-refractivity contribution is 7.98. The van der Waals surface area contributed by atoms with Gasteiger partial charge in [-0.15, -0.1) is 0 Å². The van der Waals surface area contributed by atoms with Gasteiger partial charge >= 0.3 is 0 Å². The number of nitrogens with zero attached hydrogens (tertiary/aromatic N) is 3. The minimum absolute atomic E-state index is 0.109. The summed E-state index contributed by atoms with van der Waals surface area (Å²) in [5, 5.41) is 1.31. The molecule has 0 bridgehead atoms. The van der Waals surface area contributed by atoms with Crippen LogP contribution in [0.1, 0.15) is 11.1 Å². The van der Waals surface area contributed by atoms with Crippen LogP contribution in [0.4, 0.5) is 0 Å². The van der Waals surface area contributed by atoms with Crippen LogP contribution in [-0.4, -0.2) is 21.2 Å². The first kappa shape index (κ1) is 23.8. The fourth-order valence-electron chi connectivity index (χ4n) is 3.74. The number of methoxy groups -OCH3 is 1. The van der Waals surface area contributed by atoms with Crippen LogP contribution in [0.3, 0.4) is 0 Å². The average Bonchev–Trinajstić information content (AvgIpc) is 3.22. The first-order valence-corrected chi connectivity index (χ1v) is 13.3. The Hall–Kier alpha value is -2.91. The molecule has 5 nitrogen and oxygen atoms in total. The fourth-order valence-corrected chi connectivity index (χ4v) is 6.12. The first-order valence-electron chi connectivity index (χ1n) is 10.8. The van der Waals surface area contributed by atoms with E-state index >= 15 is 0 Å². The molecule has 2 aromatic heterocycles. The molecule has 0 saturated carbocycles. The highest BCUT2D eigenvalue weighted by atomic mass is 35.5. The molecule has 5 aromatic rings. The van der Waals surface area contributed by atoms with Gasteiger partial charge in [0.1, 0.15) is 10.4 Å². The minimum Gasteiger partial charge on any atom is -0.495 e. The van der Waals surface area contributed by atoms with Gasteiger partial charge in [-0.25, -0.2) is 4.98 Å². The van der Waals surface area contributed by atoms with Crippen LogP contribution in [0, 0.1) is 3.95 Å². The number of benzene rings is 3. The summed E-state index contributed by atoms with van der Waals surface area (Å²) in [6.07, 6.45) is 0. The molecule has 0 atom stereocenters. The van der Waals surface area contributed by atoms with Gasteiger partial charge in [0.2, 0.25) is 0 Å². The van der Waals surface area contributed by atoms with Crippen LogP contribution in [0.5, 0.6) is 5.75 Å². The second-order valence-corrected chi connectivity index (χ2v) is 10.7. The number of fused-ring (bicyclic) bond motifs is 1. The second kappa shape index (κ2) is 10.4. The number of hydrogen-bond acceptors (Lipinski definition) is 6. The molecule has 0 radical (unpaired) electrons. The topological polar surface area (TPSA) is 49.0 Å². The predicted octanol–water partition coefficient (Wildman–Crippen LogP) is 6.98. The number of rotatable bonds is 7. The molecule has 9 heteroatoms. The molecule has 0 fully saturated rings. The Bertz CT molecular complexity index is 1610. The van der Waals surface area contributed by atoms with Crippen molar-refractivity contribution in [3.8, 4) is 11.4 Å². The maximum absolute atomic E-state index is 13.8. The molecule has 0 aliphatic rings. The maximum atomic E-state index is 13.8. The van der Waals surface area contributed by atoms with E-state index in [4.69, 9.17) is 33.5 Å². The lowest BCUT2D eigenvalue weighted by Gasteiger charge is -2.14. The van der Waals surface area contributed by atoms with Crippen molar-refractivity contribution in [2.75, 3.05) is 7.11 Å². The Balaban J connectivity index is 1.67. The van der Waals surface area contributed by atoms with Gasteiger partial charge in [-0.1, -0.05) is 89.3 Å². The van der Waals surface area contributed by atoms with E-state index in [9.17, 15) is 4.79 Å². The van der Waals surface area contributed by atoms with Crippen molar-refractivity contribution in [2.24, 2.45) is 0 Å². The van der Waals surface area contributed by atoms with Gasteiger partial charge in [-0.2, -0.15) is 0 Å². The number of para-hydroxylation sites is 2. The molecular formula is C26H20ClN3O2S3. The summed E-state index contributed by atoms with van der Waals surface area (Å²) >= 11 is 14.5. The Kier molecular flexibility index (Phi) is 7.06. The summed E-state index contributed by atoms with van der Waals surface area (Å²) < 4.78 is 10.2. The molecule has 0 spiro atoms. The molecule has 3 aromatic carbocycles. The van der Waals surface area contributed by atoms with Gasteiger partial charge in [0.15, 0.2) is 14.8 Å². The van der Waals surface area contributed by atoms with Gasteiger partial charge in [0.05, 0.1) is 19.3 Å². The van der Waals surface area contributed by atoms with Gasteiger partial charge in [-0.3, -0.25) is 13.9 Å². The minimum atomic E-state index is -0.109. The highest BCUT2D eigenvalue weighted by Crippen LogP contribution is 2.31. The van der Waals surface area contributed by atoms with Crippen molar-refractivity contribution in [1.29, 1.82) is 0 Å². The lowest BCUT2D eigenvalue weighted by Crippen LogP contribution is -2.23. The van der Waals surface area contributed by atoms with Gasteiger partial charge in [0, 0.05) is 10.8 Å². The third-order valence-corrected chi connectivity index (χ3v) is 8.10. The molecule has 2 heterocycles. The van der Waals surface area contributed by atoms with Gasteiger partial charge in [-0.05, 0) is 47.6 Å². The van der Waals surface area contributed by atoms with Crippen molar-refractivity contribution in [1.82, 2.24) is 14.1 Å². The third-order valence-electron chi connectivity index (χ3n) is 5.45. The zero-order valence-electron chi connectivity index (χ0n) is 18.7. The Morgan fingerprint density at radius 2 is 1.71 bits per heavy atom. The van der Waals surface area contributed by atoms with Crippen LogP contribution < -0.4 is 10.3 Å². The summed E-state index contributed by atoms with van der Waals surface area (Å²) in [7, 11) is 1.62. The van der Waals surface area contributed by atoms with E-state index in [0.717, 1.165) is 16.8 Å². The predicted molar refractivity (Wildman–Crippen MR) is 147 cm³/mol. The van der Waals surface area contributed by atoms with Crippen molar-refractivity contribution < 1.29 is 4.74 Å². The molecule has 0 aliphatic heterocycles. The molecule has 176 valence electrons. The Labute approximate surface area is 220 Å². The number of thiazole rings is 1. The van der Waals surface area contributed by atoms with Crippen LogP contribution in [0.15, 0.2) is 88.8 Å². The lowest BCUT2D eigenvalue weighted by atomic mass is 10.2. The van der Waals surface area contributed by atoms with Crippen molar-refractivity contribution in [3.63, 3.8) is 0 Å². The fraction of sp³-hybridized carbons (Fsp3) is 0.115. The monoisotopic (exact) mass is 537 g/mol. The summed E-state index contributed by atoms with van der Waals surface area (Å²) in [6.45, 7) is 0.422. The largest absolute Gasteiger partial charge is 0.495 e. The number of thioether (sulfide) groups is 1. The quantitative estimate of drug-likeness (QED) is 0.127. The number of hydrogen-bond donors (Lipinski definition) is 0. The molecule has 0 N–H and O–H groups in total. The third kappa shape index (κ3) is 4.92. The molecule has 0 saturated heterocycles. The number of halogens is 1. The van der Waals surface area contributed by atoms with Gasteiger partial charge in [0.25, 0.3) is 5.56 Å². The summed E-state index contributed by atoms with van der Waals surface area (Å²) in [6, 6.07) is 25.2. The van der Waals surface area contributed by atoms with E-state index in [1.807, 2.05) is 83.4 Å². The average molecular weight is 538 g/mol. The highest BCUT2D eigenvalue weighted by Gasteiger charge is 2.20. The summed E-state index contributed by atoms with van der Waals surface area (Å²) in [5.41, 5.74) is 3.30. The van der Waals surface area contributed by atoms with Crippen molar-refractivity contribution >= 4 is 57.3 Å². The smallest absolute Gasteiger partial charge is 0.274 e. The van der Waals surface area contributed by atoms with Crippen molar-refractivity contribution in [2.45, 2.75) is 17.5 Å². The molecule has 0 amide bonds. The normalized spacial score (nSPS) is 11.1. The molecule has 0 unspecified atom stereocenters. The summed E-state index contributed by atoms with van der Waals surface area (Å²) in [4.78, 5) is 18.8. The molecule has 0 aliphatic carbocycles. The van der Waals surface area contributed by atoms with Crippen LogP contribution in [0.25, 0.3) is 16.0 Å². The van der Waals surface area contributed by atoms with E-state index in [0.29, 0.717) is 42.5 Å². The standard InChI is InChI=1S/C26H20ClN3O2S3/c1-32-21-10-6-5-9-20(21)30-23-22(35-26(30)33)24(31)29(15-17-7-3-2-4-8-17)25(28-23)34-16-18-11-13-19(27)14-12-18/h2-14H,15-16H2,1H3. The maximum Gasteiger partial charge on any atom is 0.274 e. The Morgan fingerprint density at radius 3 is 2.46 bits per heavy atom.